The van der Waals surface area contributed by atoms with E-state index >= 15 is 0 Å². The number of halogens is 1. The molecule has 2 N–H and O–H groups in total. The fraction of sp³-hybridized carbons (Fsp3) is 0.500. The van der Waals surface area contributed by atoms with Crippen molar-refractivity contribution in [3.05, 3.63) is 35.1 Å². The first-order valence-electron chi connectivity index (χ1n) is 5.32. The van der Waals surface area contributed by atoms with Crippen molar-refractivity contribution in [1.82, 2.24) is 4.90 Å². The third-order valence-electron chi connectivity index (χ3n) is 2.47. The third kappa shape index (κ3) is 4.12. The molecule has 1 aromatic rings. The zero-order valence-electron chi connectivity index (χ0n) is 9.87. The number of benzene rings is 1. The highest BCUT2D eigenvalue weighted by Gasteiger charge is 2.06. The summed E-state index contributed by atoms with van der Waals surface area (Å²) >= 11 is 1.80. The van der Waals surface area contributed by atoms with Crippen molar-refractivity contribution in [2.75, 3.05) is 25.6 Å². The molecule has 2 nitrogen and oxygen atoms in total. The van der Waals surface area contributed by atoms with Crippen LogP contribution < -0.4 is 5.73 Å². The zero-order valence-corrected chi connectivity index (χ0v) is 10.7. The molecule has 0 saturated heterocycles. The Kier molecular flexibility index (Phi) is 5.80. The molecule has 16 heavy (non-hydrogen) atoms. The lowest BCUT2D eigenvalue weighted by atomic mass is 10.1. The Bertz CT molecular complexity index is 331. The average molecular weight is 242 g/mol. The van der Waals surface area contributed by atoms with E-state index in [2.05, 4.69) is 11.2 Å². The van der Waals surface area contributed by atoms with E-state index in [4.69, 9.17) is 5.73 Å². The lowest BCUT2D eigenvalue weighted by molar-refractivity contribution is 0.342. The van der Waals surface area contributed by atoms with Crippen LogP contribution in [0.25, 0.3) is 0 Å². The van der Waals surface area contributed by atoms with E-state index in [9.17, 15) is 4.39 Å². The number of hydrogen-bond donors (Lipinski definition) is 1. The van der Waals surface area contributed by atoms with Gasteiger partial charge in [0.05, 0.1) is 0 Å². The van der Waals surface area contributed by atoms with Gasteiger partial charge in [0, 0.05) is 31.0 Å². The highest BCUT2D eigenvalue weighted by Crippen LogP contribution is 2.12. The van der Waals surface area contributed by atoms with E-state index in [1.807, 2.05) is 19.2 Å². The van der Waals surface area contributed by atoms with E-state index in [1.165, 1.54) is 6.07 Å². The SMILES string of the molecule is CSCCN(C)Cc1ccc(CN)cc1F. The molecular weight excluding hydrogens is 223 g/mol. The van der Waals surface area contributed by atoms with Gasteiger partial charge in [0.15, 0.2) is 0 Å². The van der Waals surface area contributed by atoms with Crippen LogP contribution in [0.3, 0.4) is 0 Å². The quantitative estimate of drug-likeness (QED) is 0.828. The molecular formula is C12H19FN2S. The standard InChI is InChI=1S/C12H19FN2S/c1-15(5-6-16-2)9-11-4-3-10(8-14)7-12(11)13/h3-4,7H,5-6,8-9,14H2,1-2H3. The first-order valence-corrected chi connectivity index (χ1v) is 6.71. The summed E-state index contributed by atoms with van der Waals surface area (Å²) in [5.41, 5.74) is 7.03. The normalized spacial score (nSPS) is 11.1. The minimum absolute atomic E-state index is 0.154. The summed E-state index contributed by atoms with van der Waals surface area (Å²) < 4.78 is 13.6. The van der Waals surface area contributed by atoms with Gasteiger partial charge in [0.2, 0.25) is 0 Å². The maximum atomic E-state index is 13.6. The summed E-state index contributed by atoms with van der Waals surface area (Å²) in [7, 11) is 2.01. The summed E-state index contributed by atoms with van der Waals surface area (Å²) in [4.78, 5) is 2.12. The summed E-state index contributed by atoms with van der Waals surface area (Å²) in [6.07, 6.45) is 2.07. The second-order valence-electron chi connectivity index (χ2n) is 3.86. The van der Waals surface area contributed by atoms with Crippen LogP contribution in [-0.2, 0) is 13.1 Å². The first kappa shape index (κ1) is 13.5. The van der Waals surface area contributed by atoms with Gasteiger partial charge in [-0.3, -0.25) is 0 Å². The highest BCUT2D eigenvalue weighted by molar-refractivity contribution is 7.98. The topological polar surface area (TPSA) is 29.3 Å². The van der Waals surface area contributed by atoms with Crippen molar-refractivity contribution >= 4 is 11.8 Å². The van der Waals surface area contributed by atoms with Crippen LogP contribution in [0.15, 0.2) is 18.2 Å². The van der Waals surface area contributed by atoms with E-state index in [1.54, 1.807) is 11.8 Å². The molecule has 0 aliphatic rings. The molecule has 0 atom stereocenters. The highest BCUT2D eigenvalue weighted by atomic mass is 32.2. The fourth-order valence-corrected chi connectivity index (χ4v) is 1.96. The molecule has 0 heterocycles. The third-order valence-corrected chi connectivity index (χ3v) is 3.06. The lowest BCUT2D eigenvalue weighted by Gasteiger charge is -2.16. The Labute approximate surface area is 101 Å². The number of thioether (sulfide) groups is 1. The van der Waals surface area contributed by atoms with Crippen LogP contribution in [0.5, 0.6) is 0 Å². The minimum atomic E-state index is -0.154. The van der Waals surface area contributed by atoms with Crippen LogP contribution in [0.1, 0.15) is 11.1 Å². The molecule has 0 saturated carbocycles. The van der Waals surface area contributed by atoms with Gasteiger partial charge in [0.1, 0.15) is 5.82 Å². The smallest absolute Gasteiger partial charge is 0.128 e. The molecule has 0 aliphatic heterocycles. The summed E-state index contributed by atoms with van der Waals surface area (Å²) in [6, 6.07) is 5.24. The van der Waals surface area contributed by atoms with Gasteiger partial charge < -0.3 is 10.6 Å². The van der Waals surface area contributed by atoms with Crippen molar-refractivity contribution < 1.29 is 4.39 Å². The van der Waals surface area contributed by atoms with Crippen LogP contribution in [-0.4, -0.2) is 30.5 Å². The van der Waals surface area contributed by atoms with Crippen LogP contribution >= 0.6 is 11.8 Å². The van der Waals surface area contributed by atoms with Crippen molar-refractivity contribution in [2.24, 2.45) is 5.73 Å². The van der Waals surface area contributed by atoms with Crippen molar-refractivity contribution in [1.29, 1.82) is 0 Å². The van der Waals surface area contributed by atoms with Crippen LogP contribution in [0.2, 0.25) is 0 Å². The van der Waals surface area contributed by atoms with Crippen molar-refractivity contribution in [3.63, 3.8) is 0 Å². The van der Waals surface area contributed by atoms with Crippen LogP contribution in [0.4, 0.5) is 4.39 Å². The Morgan fingerprint density at radius 1 is 1.44 bits per heavy atom. The number of nitrogens with two attached hydrogens (primary N) is 1. The van der Waals surface area contributed by atoms with E-state index < -0.39 is 0 Å². The molecule has 0 amide bonds. The largest absolute Gasteiger partial charge is 0.326 e. The van der Waals surface area contributed by atoms with Gasteiger partial charge in [-0.2, -0.15) is 11.8 Å². The Balaban J connectivity index is 2.59. The second kappa shape index (κ2) is 6.89. The predicted octanol–water partition coefficient (Wildman–Crippen LogP) is 2.08. The van der Waals surface area contributed by atoms with Crippen LogP contribution in [0, 0.1) is 5.82 Å². The lowest BCUT2D eigenvalue weighted by Crippen LogP contribution is -2.21. The van der Waals surface area contributed by atoms with Gasteiger partial charge in [0.25, 0.3) is 0 Å². The molecule has 4 heteroatoms. The molecule has 0 aromatic heterocycles. The molecule has 0 bridgehead atoms. The molecule has 0 radical (unpaired) electrons. The summed E-state index contributed by atoms with van der Waals surface area (Å²) in [5, 5.41) is 0. The van der Waals surface area contributed by atoms with Gasteiger partial charge in [-0.05, 0) is 24.9 Å². The van der Waals surface area contributed by atoms with Crippen molar-refractivity contribution in [3.8, 4) is 0 Å². The maximum absolute atomic E-state index is 13.6. The molecule has 0 aliphatic carbocycles. The first-order chi connectivity index (χ1) is 7.67. The molecule has 0 spiro atoms. The fourth-order valence-electron chi connectivity index (χ4n) is 1.46. The van der Waals surface area contributed by atoms with Gasteiger partial charge in [-0.1, -0.05) is 12.1 Å². The molecule has 0 unspecified atom stereocenters. The molecule has 1 aromatic carbocycles. The van der Waals surface area contributed by atoms with Gasteiger partial charge >= 0.3 is 0 Å². The van der Waals surface area contributed by atoms with Crippen molar-refractivity contribution in [2.45, 2.75) is 13.1 Å². The van der Waals surface area contributed by atoms with E-state index in [0.29, 0.717) is 13.1 Å². The Hall–Kier alpha value is -0.580. The predicted molar refractivity (Wildman–Crippen MR) is 69.0 cm³/mol. The summed E-state index contributed by atoms with van der Waals surface area (Å²) in [6.45, 7) is 2.01. The molecule has 0 fully saturated rings. The van der Waals surface area contributed by atoms with Gasteiger partial charge in [-0.25, -0.2) is 4.39 Å². The number of rotatable bonds is 6. The Morgan fingerprint density at radius 3 is 2.75 bits per heavy atom. The summed E-state index contributed by atoms with van der Waals surface area (Å²) in [5.74, 6) is 0.915. The van der Waals surface area contributed by atoms with E-state index in [0.717, 1.165) is 23.4 Å². The Morgan fingerprint density at radius 2 is 2.19 bits per heavy atom. The van der Waals surface area contributed by atoms with Gasteiger partial charge in [-0.15, -0.1) is 0 Å². The number of hydrogen-bond acceptors (Lipinski definition) is 3. The molecule has 1 rings (SSSR count). The second-order valence-corrected chi connectivity index (χ2v) is 4.85. The zero-order chi connectivity index (χ0) is 12.0. The van der Waals surface area contributed by atoms with E-state index in [-0.39, 0.29) is 5.82 Å². The molecule has 90 valence electrons. The average Bonchev–Trinajstić information content (AvgIpc) is 2.29. The minimum Gasteiger partial charge on any atom is -0.326 e. The monoisotopic (exact) mass is 242 g/mol. The number of nitrogens with zero attached hydrogens (tertiary/aromatic N) is 1. The maximum Gasteiger partial charge on any atom is 0.128 e.